The molecular weight excluding hydrogens is 142 g/mol. The Morgan fingerprint density at radius 3 is 3.20 bits per heavy atom. The molecule has 2 heteroatoms. The van der Waals surface area contributed by atoms with E-state index in [0.29, 0.717) is 0 Å². The highest BCUT2D eigenvalue weighted by atomic mass is 32.2. The predicted octanol–water partition coefficient (Wildman–Crippen LogP) is 2.31. The molecule has 1 aliphatic carbocycles. The summed E-state index contributed by atoms with van der Waals surface area (Å²) in [5, 5.41) is 1.15. The Morgan fingerprint density at radius 1 is 1.70 bits per heavy atom. The van der Waals surface area contributed by atoms with E-state index in [1.54, 1.807) is 11.8 Å². The third kappa shape index (κ3) is 0.655. The zero-order valence-corrected chi connectivity index (χ0v) is 6.74. The smallest absolute Gasteiger partial charge is 0.0722 e. The third-order valence-corrected chi connectivity index (χ3v) is 2.97. The van der Waals surface area contributed by atoms with Gasteiger partial charge in [0.1, 0.15) is 0 Å². The van der Waals surface area contributed by atoms with Crippen LogP contribution in [0.25, 0.3) is 0 Å². The molecule has 2 rings (SSSR count). The van der Waals surface area contributed by atoms with E-state index >= 15 is 0 Å². The lowest BCUT2D eigenvalue weighted by Gasteiger charge is -2.12. The molecule has 0 radical (unpaired) electrons. The largest absolute Gasteiger partial charge is 0.339 e. The summed E-state index contributed by atoms with van der Waals surface area (Å²) in [7, 11) is 2.06. The van der Waals surface area contributed by atoms with Crippen molar-refractivity contribution in [2.24, 2.45) is 0 Å². The van der Waals surface area contributed by atoms with Gasteiger partial charge in [-0.2, -0.15) is 0 Å². The number of hydrogen-bond donors (Lipinski definition) is 0. The van der Waals surface area contributed by atoms with Gasteiger partial charge in [0.05, 0.1) is 10.7 Å². The van der Waals surface area contributed by atoms with Crippen LogP contribution in [0.15, 0.2) is 34.4 Å². The van der Waals surface area contributed by atoms with E-state index in [1.807, 2.05) is 0 Å². The van der Waals surface area contributed by atoms with Crippen molar-refractivity contribution in [1.29, 1.82) is 0 Å². The fourth-order valence-corrected chi connectivity index (χ4v) is 2.22. The lowest BCUT2D eigenvalue weighted by Crippen LogP contribution is -2.07. The number of thioether (sulfide) groups is 1. The predicted molar refractivity (Wildman–Crippen MR) is 45.3 cm³/mol. The lowest BCUT2D eigenvalue weighted by atomic mass is 10.4. The maximum Gasteiger partial charge on any atom is 0.0722 e. The van der Waals surface area contributed by atoms with Crippen LogP contribution in [0, 0.1) is 0 Å². The summed E-state index contributed by atoms with van der Waals surface area (Å²) in [5.41, 5.74) is 1.34. The van der Waals surface area contributed by atoms with Gasteiger partial charge in [-0.05, 0) is 12.5 Å². The molecule has 0 amide bonds. The van der Waals surface area contributed by atoms with Crippen LogP contribution < -0.4 is 0 Å². The highest BCUT2D eigenvalue weighted by Crippen LogP contribution is 2.44. The Balaban J connectivity index is 2.37. The van der Waals surface area contributed by atoms with Crippen LogP contribution in [0.4, 0.5) is 0 Å². The summed E-state index contributed by atoms with van der Waals surface area (Å²) in [6, 6.07) is 0. The normalized spacial score (nSPS) is 22.9. The molecule has 1 nitrogen and oxygen atoms in total. The van der Waals surface area contributed by atoms with Crippen LogP contribution in [0.1, 0.15) is 6.42 Å². The second-order valence-corrected chi connectivity index (χ2v) is 3.64. The van der Waals surface area contributed by atoms with Gasteiger partial charge < -0.3 is 4.90 Å². The minimum Gasteiger partial charge on any atom is -0.339 e. The number of nitrogens with zero attached hydrogens (tertiary/aromatic N) is 1. The minimum absolute atomic E-state index is 1.10. The Kier molecular flexibility index (Phi) is 1.17. The molecule has 0 aromatic heterocycles. The molecule has 2 aliphatic rings. The van der Waals surface area contributed by atoms with Crippen molar-refractivity contribution in [3.63, 3.8) is 0 Å². The van der Waals surface area contributed by atoms with Gasteiger partial charge in [0, 0.05) is 12.0 Å². The second kappa shape index (κ2) is 1.92. The van der Waals surface area contributed by atoms with Crippen molar-refractivity contribution in [3.05, 3.63) is 34.4 Å². The number of rotatable bonds is 0. The van der Waals surface area contributed by atoms with E-state index in [-0.39, 0.29) is 0 Å². The van der Waals surface area contributed by atoms with Crippen LogP contribution in [0.3, 0.4) is 0 Å². The monoisotopic (exact) mass is 151 g/mol. The van der Waals surface area contributed by atoms with E-state index in [1.165, 1.54) is 10.6 Å². The first-order valence-corrected chi connectivity index (χ1v) is 4.11. The summed E-state index contributed by atoms with van der Waals surface area (Å²) >= 11 is 1.79. The Morgan fingerprint density at radius 2 is 2.50 bits per heavy atom. The van der Waals surface area contributed by atoms with Gasteiger partial charge in [0.2, 0.25) is 0 Å². The van der Waals surface area contributed by atoms with E-state index in [0.717, 1.165) is 11.4 Å². The summed E-state index contributed by atoms with van der Waals surface area (Å²) in [5.74, 6) is 0. The van der Waals surface area contributed by atoms with Gasteiger partial charge in [-0.25, -0.2) is 0 Å². The summed E-state index contributed by atoms with van der Waals surface area (Å²) in [6.45, 7) is 3.93. The molecule has 0 N–H and O–H groups in total. The van der Waals surface area contributed by atoms with Crippen molar-refractivity contribution in [2.45, 2.75) is 6.42 Å². The molecule has 0 spiro atoms. The first-order chi connectivity index (χ1) is 4.79. The summed E-state index contributed by atoms with van der Waals surface area (Å²) in [4.78, 5) is 3.59. The molecule has 0 aromatic rings. The molecule has 10 heavy (non-hydrogen) atoms. The van der Waals surface area contributed by atoms with E-state index in [2.05, 4.69) is 30.7 Å². The van der Waals surface area contributed by atoms with E-state index < -0.39 is 0 Å². The molecule has 1 aliphatic heterocycles. The van der Waals surface area contributed by atoms with Crippen molar-refractivity contribution in [3.8, 4) is 0 Å². The fourth-order valence-electron chi connectivity index (χ4n) is 1.21. The van der Waals surface area contributed by atoms with Gasteiger partial charge in [-0.15, -0.1) is 0 Å². The fraction of sp³-hybridized carbons (Fsp3) is 0.250. The Hall–Kier alpha value is -0.630. The highest BCUT2D eigenvalue weighted by molar-refractivity contribution is 8.06. The van der Waals surface area contributed by atoms with Crippen LogP contribution in [0.2, 0.25) is 0 Å². The molecule has 0 unspecified atom stereocenters. The quantitative estimate of drug-likeness (QED) is 0.522. The van der Waals surface area contributed by atoms with Crippen LogP contribution in [-0.2, 0) is 0 Å². The highest BCUT2D eigenvalue weighted by Gasteiger charge is 2.23. The third-order valence-electron chi connectivity index (χ3n) is 1.84. The first-order valence-electron chi connectivity index (χ1n) is 3.29. The second-order valence-electron chi connectivity index (χ2n) is 2.47. The van der Waals surface area contributed by atoms with Crippen LogP contribution in [0.5, 0.6) is 0 Å². The average Bonchev–Trinajstić information content (AvgIpc) is 2.41. The summed E-state index contributed by atoms with van der Waals surface area (Å²) in [6.07, 6.45) is 5.46. The maximum atomic E-state index is 3.93. The molecular formula is C8H9NS. The molecule has 0 bridgehead atoms. The number of likely N-dealkylation sites (N-methyl/N-ethyl adjacent to an activating group) is 1. The molecule has 1 heterocycles. The minimum atomic E-state index is 1.10. The zero-order chi connectivity index (χ0) is 7.14. The molecule has 0 fully saturated rings. The van der Waals surface area contributed by atoms with Gasteiger partial charge in [0.25, 0.3) is 0 Å². The summed E-state index contributed by atoms with van der Waals surface area (Å²) < 4.78 is 0. The molecule has 0 aromatic carbocycles. The Bertz CT molecular complexity index is 250. The molecule has 0 atom stereocenters. The average molecular weight is 151 g/mol. The van der Waals surface area contributed by atoms with Gasteiger partial charge in [-0.1, -0.05) is 24.4 Å². The Labute approximate surface area is 65.1 Å². The van der Waals surface area contributed by atoms with E-state index in [9.17, 15) is 0 Å². The first kappa shape index (κ1) is 6.10. The molecule has 0 saturated carbocycles. The molecule has 0 saturated heterocycles. The standard InChI is InChI=1S/C8H9NS/c1-6-9(2)7-4-3-5-8(7)10-6/h3-4H,1,5H2,2H3. The van der Waals surface area contributed by atoms with Crippen molar-refractivity contribution >= 4 is 11.8 Å². The van der Waals surface area contributed by atoms with Gasteiger partial charge in [0.15, 0.2) is 0 Å². The zero-order valence-electron chi connectivity index (χ0n) is 5.92. The van der Waals surface area contributed by atoms with Crippen LogP contribution >= 0.6 is 11.8 Å². The van der Waals surface area contributed by atoms with E-state index in [4.69, 9.17) is 0 Å². The van der Waals surface area contributed by atoms with Gasteiger partial charge >= 0.3 is 0 Å². The maximum absolute atomic E-state index is 3.93. The van der Waals surface area contributed by atoms with Crippen molar-refractivity contribution in [1.82, 2.24) is 4.90 Å². The van der Waals surface area contributed by atoms with Gasteiger partial charge in [-0.3, -0.25) is 0 Å². The molecule has 52 valence electrons. The number of allylic oxidation sites excluding steroid dienone is 3. The SMILES string of the molecule is C=C1SC2=C(C=CC2)N1C. The lowest BCUT2D eigenvalue weighted by molar-refractivity contribution is 0.585. The van der Waals surface area contributed by atoms with Crippen molar-refractivity contribution < 1.29 is 0 Å². The van der Waals surface area contributed by atoms with Crippen LogP contribution in [-0.4, -0.2) is 11.9 Å². The van der Waals surface area contributed by atoms with Crippen molar-refractivity contribution in [2.75, 3.05) is 7.05 Å². The number of hydrogen-bond acceptors (Lipinski definition) is 2. The topological polar surface area (TPSA) is 3.24 Å².